The molecule has 1 aromatic carbocycles. The number of ether oxygens (including phenoxy) is 1. The highest BCUT2D eigenvalue weighted by molar-refractivity contribution is 6.30. The molecule has 2 N–H and O–H groups in total. The maximum absolute atomic E-state index is 12.3. The molecule has 1 aromatic rings. The Kier molecular flexibility index (Phi) is 3.23. The van der Waals surface area contributed by atoms with Crippen molar-refractivity contribution in [1.82, 2.24) is 0 Å². The zero-order valence-electron chi connectivity index (χ0n) is 10.3. The summed E-state index contributed by atoms with van der Waals surface area (Å²) in [6, 6.07) is 6.72. The highest BCUT2D eigenvalue weighted by atomic mass is 35.5. The van der Waals surface area contributed by atoms with Crippen LogP contribution in [0.5, 0.6) is 0 Å². The zero-order chi connectivity index (χ0) is 14.3. The summed E-state index contributed by atoms with van der Waals surface area (Å²) in [5.74, 6) is -2.95. The summed E-state index contributed by atoms with van der Waals surface area (Å²) in [7, 11) is 0. The molecule has 3 rings (SSSR count). The van der Waals surface area contributed by atoms with Crippen LogP contribution in [0, 0.1) is 11.8 Å². The van der Waals surface area contributed by atoms with E-state index in [2.05, 4.69) is 5.32 Å². The Morgan fingerprint density at radius 2 is 1.90 bits per heavy atom. The van der Waals surface area contributed by atoms with E-state index in [-0.39, 0.29) is 5.91 Å². The first-order chi connectivity index (χ1) is 9.56. The maximum Gasteiger partial charge on any atom is 0.310 e. The highest BCUT2D eigenvalue weighted by Crippen LogP contribution is 2.39. The number of hydrogen-bond acceptors (Lipinski definition) is 3. The van der Waals surface area contributed by atoms with Crippen molar-refractivity contribution in [3.8, 4) is 0 Å². The van der Waals surface area contributed by atoms with E-state index in [1.807, 2.05) is 0 Å². The van der Waals surface area contributed by atoms with Crippen molar-refractivity contribution in [3.05, 3.63) is 41.4 Å². The average Bonchev–Trinajstić information content (AvgIpc) is 2.98. The molecule has 0 aliphatic carbocycles. The van der Waals surface area contributed by atoms with Crippen LogP contribution >= 0.6 is 11.6 Å². The second kappa shape index (κ2) is 4.92. The predicted molar refractivity (Wildman–Crippen MR) is 72.5 cm³/mol. The lowest BCUT2D eigenvalue weighted by molar-refractivity contribution is -0.145. The lowest BCUT2D eigenvalue weighted by Gasteiger charge is -2.21. The van der Waals surface area contributed by atoms with Gasteiger partial charge in [0.15, 0.2) is 0 Å². The summed E-state index contributed by atoms with van der Waals surface area (Å²) in [6.45, 7) is 0. The minimum absolute atomic E-state index is 0.364. The minimum atomic E-state index is -1.02. The Labute approximate surface area is 120 Å². The molecule has 0 aromatic heterocycles. The fourth-order valence-corrected chi connectivity index (χ4v) is 2.90. The SMILES string of the molecule is O=C(O)[C@@H]1[C@H](C(=O)Nc2cccc(Cl)c2)[C@@H]2C=C[C@@H]1O2. The normalized spacial score (nSPS) is 30.4. The first kappa shape index (κ1) is 13.1. The Morgan fingerprint density at radius 1 is 1.20 bits per heavy atom. The van der Waals surface area contributed by atoms with Crippen LogP contribution in [0.2, 0.25) is 5.02 Å². The third-order valence-electron chi connectivity index (χ3n) is 3.58. The number of carboxylic acid groups (broad SMARTS) is 1. The predicted octanol–water partition coefficient (Wildman–Crippen LogP) is 1.93. The highest BCUT2D eigenvalue weighted by Gasteiger charge is 2.53. The summed E-state index contributed by atoms with van der Waals surface area (Å²) in [4.78, 5) is 23.6. The summed E-state index contributed by atoms with van der Waals surface area (Å²) in [5, 5.41) is 12.4. The Hall–Kier alpha value is -1.85. The lowest BCUT2D eigenvalue weighted by atomic mass is 9.82. The molecule has 1 fully saturated rings. The molecule has 2 aliphatic heterocycles. The quantitative estimate of drug-likeness (QED) is 0.835. The van der Waals surface area contributed by atoms with E-state index in [4.69, 9.17) is 16.3 Å². The van der Waals surface area contributed by atoms with E-state index in [0.29, 0.717) is 10.7 Å². The van der Waals surface area contributed by atoms with Crippen LogP contribution < -0.4 is 5.32 Å². The number of fused-ring (bicyclic) bond motifs is 2. The molecule has 2 aliphatic rings. The van der Waals surface area contributed by atoms with Gasteiger partial charge < -0.3 is 15.2 Å². The van der Waals surface area contributed by atoms with Gasteiger partial charge in [-0.1, -0.05) is 29.8 Å². The fraction of sp³-hybridized carbons (Fsp3) is 0.286. The third-order valence-corrected chi connectivity index (χ3v) is 3.81. The molecule has 20 heavy (non-hydrogen) atoms. The smallest absolute Gasteiger partial charge is 0.310 e. The van der Waals surface area contributed by atoms with Gasteiger partial charge >= 0.3 is 5.97 Å². The summed E-state index contributed by atoms with van der Waals surface area (Å²) in [6.07, 6.45) is 2.45. The van der Waals surface area contributed by atoms with Crippen molar-refractivity contribution in [2.24, 2.45) is 11.8 Å². The van der Waals surface area contributed by atoms with Crippen molar-refractivity contribution in [2.75, 3.05) is 5.32 Å². The lowest BCUT2D eigenvalue weighted by Crippen LogP contribution is -2.39. The number of anilines is 1. The molecule has 0 spiro atoms. The molecule has 0 unspecified atom stereocenters. The van der Waals surface area contributed by atoms with Crippen LogP contribution in [0.25, 0.3) is 0 Å². The number of rotatable bonds is 3. The first-order valence-electron chi connectivity index (χ1n) is 6.19. The standard InChI is InChI=1S/C14H12ClNO4/c15-7-2-1-3-8(6-7)16-13(17)11-9-4-5-10(20-9)12(11)14(18)19/h1-6,9-12H,(H,16,17)(H,18,19)/t9-,10-,11+,12-/m0/s1. The number of carboxylic acids is 1. The Morgan fingerprint density at radius 3 is 2.55 bits per heavy atom. The molecule has 1 saturated heterocycles. The van der Waals surface area contributed by atoms with Gasteiger partial charge in [0.05, 0.1) is 18.1 Å². The van der Waals surface area contributed by atoms with Crippen LogP contribution in [0.3, 0.4) is 0 Å². The van der Waals surface area contributed by atoms with Crippen molar-refractivity contribution in [3.63, 3.8) is 0 Å². The minimum Gasteiger partial charge on any atom is -0.481 e. The molecule has 2 bridgehead atoms. The molecule has 0 saturated carbocycles. The average molecular weight is 294 g/mol. The zero-order valence-corrected chi connectivity index (χ0v) is 11.1. The molecule has 2 heterocycles. The van der Waals surface area contributed by atoms with E-state index in [1.54, 1.807) is 36.4 Å². The van der Waals surface area contributed by atoms with Crippen molar-refractivity contribution in [2.45, 2.75) is 12.2 Å². The van der Waals surface area contributed by atoms with E-state index in [1.165, 1.54) is 0 Å². The molecule has 104 valence electrons. The second-order valence-corrected chi connectivity index (χ2v) is 5.28. The van der Waals surface area contributed by atoms with Crippen molar-refractivity contribution in [1.29, 1.82) is 0 Å². The van der Waals surface area contributed by atoms with Gasteiger partial charge in [-0.2, -0.15) is 0 Å². The van der Waals surface area contributed by atoms with Gasteiger partial charge in [0.25, 0.3) is 0 Å². The van der Waals surface area contributed by atoms with Gasteiger partial charge in [-0.15, -0.1) is 0 Å². The van der Waals surface area contributed by atoms with E-state index in [9.17, 15) is 14.7 Å². The van der Waals surface area contributed by atoms with Crippen LogP contribution in [-0.2, 0) is 14.3 Å². The second-order valence-electron chi connectivity index (χ2n) is 4.84. The Bertz CT molecular complexity index is 601. The molecule has 5 nitrogen and oxygen atoms in total. The van der Waals surface area contributed by atoms with Crippen molar-refractivity contribution >= 4 is 29.2 Å². The third kappa shape index (κ3) is 2.19. The number of aliphatic carboxylic acids is 1. The van der Waals surface area contributed by atoms with Gasteiger partial charge in [-0.25, -0.2) is 0 Å². The van der Waals surface area contributed by atoms with Gasteiger partial charge in [0, 0.05) is 10.7 Å². The number of nitrogens with one attached hydrogen (secondary N) is 1. The molecular formula is C14H12ClNO4. The van der Waals surface area contributed by atoms with Gasteiger partial charge in [-0.3, -0.25) is 9.59 Å². The van der Waals surface area contributed by atoms with Gasteiger partial charge in [-0.05, 0) is 18.2 Å². The monoisotopic (exact) mass is 293 g/mol. The van der Waals surface area contributed by atoms with Crippen LogP contribution in [0.1, 0.15) is 0 Å². The summed E-state index contributed by atoms with van der Waals surface area (Å²) < 4.78 is 5.46. The van der Waals surface area contributed by atoms with E-state index in [0.717, 1.165) is 0 Å². The van der Waals surface area contributed by atoms with Crippen LogP contribution in [0.15, 0.2) is 36.4 Å². The summed E-state index contributed by atoms with van der Waals surface area (Å²) >= 11 is 5.85. The molecular weight excluding hydrogens is 282 g/mol. The number of carbonyl (C=O) groups excluding carboxylic acids is 1. The van der Waals surface area contributed by atoms with Crippen LogP contribution in [-0.4, -0.2) is 29.2 Å². The van der Waals surface area contributed by atoms with Gasteiger partial charge in [0.1, 0.15) is 5.92 Å². The molecule has 4 atom stereocenters. The topological polar surface area (TPSA) is 75.6 Å². The maximum atomic E-state index is 12.3. The molecule has 1 amide bonds. The van der Waals surface area contributed by atoms with Crippen molar-refractivity contribution < 1.29 is 19.4 Å². The number of benzene rings is 1. The molecule has 0 radical (unpaired) electrons. The molecule has 6 heteroatoms. The van der Waals surface area contributed by atoms with E-state index >= 15 is 0 Å². The fourth-order valence-electron chi connectivity index (χ4n) is 2.71. The largest absolute Gasteiger partial charge is 0.481 e. The number of hydrogen-bond donors (Lipinski definition) is 2. The number of carbonyl (C=O) groups is 2. The first-order valence-corrected chi connectivity index (χ1v) is 6.57. The number of amides is 1. The van der Waals surface area contributed by atoms with E-state index < -0.39 is 30.0 Å². The number of halogens is 1. The van der Waals surface area contributed by atoms with Gasteiger partial charge in [0.2, 0.25) is 5.91 Å². The van der Waals surface area contributed by atoms with Crippen LogP contribution in [0.4, 0.5) is 5.69 Å². The Balaban J connectivity index is 1.80. The summed E-state index contributed by atoms with van der Waals surface area (Å²) in [5.41, 5.74) is 0.540.